The van der Waals surface area contributed by atoms with Crippen molar-refractivity contribution in [2.45, 2.75) is 23.3 Å². The molecule has 10 heteroatoms. The molecule has 1 aromatic carbocycles. The summed E-state index contributed by atoms with van der Waals surface area (Å²) in [6, 6.07) is 2.91. The molecule has 2 aliphatic rings. The molecule has 1 aliphatic heterocycles. The lowest BCUT2D eigenvalue weighted by Crippen LogP contribution is -2.39. The van der Waals surface area contributed by atoms with E-state index in [1.165, 1.54) is 22.9 Å². The molecular weight excluding hydrogens is 384 g/mol. The summed E-state index contributed by atoms with van der Waals surface area (Å²) in [4.78, 5) is 24.8. The maximum Gasteiger partial charge on any atom is 0.276 e. The monoisotopic (exact) mass is 400 g/mol. The first kappa shape index (κ1) is 17.0. The zero-order valence-corrected chi connectivity index (χ0v) is 15.9. The van der Waals surface area contributed by atoms with Crippen LogP contribution >= 0.6 is 0 Å². The lowest BCUT2D eigenvalue weighted by molar-refractivity contribution is -0.125. The number of rotatable bonds is 2. The van der Waals surface area contributed by atoms with Crippen molar-refractivity contribution >= 4 is 32.3 Å². The molecule has 1 amide bonds. The summed E-state index contributed by atoms with van der Waals surface area (Å²) in [5, 5.41) is 9.97. The van der Waals surface area contributed by atoms with E-state index in [1.807, 2.05) is 0 Å². The van der Waals surface area contributed by atoms with Crippen molar-refractivity contribution in [2.24, 2.45) is 7.05 Å². The minimum atomic E-state index is -3.55. The van der Waals surface area contributed by atoms with Crippen molar-refractivity contribution in [3.05, 3.63) is 34.9 Å². The molecule has 3 aromatic rings. The van der Waals surface area contributed by atoms with Gasteiger partial charge >= 0.3 is 0 Å². The standard InChI is InChI=1S/C18H16N4O5S/c1-22-8-12(11-7-19-21-14(11)16(22)23)10-5-9(28(2,25)26)6-13-15(10)27-18(3-4-18)17(24)20-13/h5-8H,3-4H2,1-2H3,(H,19,21)(H,20,24). The molecule has 0 atom stereocenters. The highest BCUT2D eigenvalue weighted by molar-refractivity contribution is 7.90. The molecule has 2 aromatic heterocycles. The molecule has 9 nitrogen and oxygen atoms in total. The number of fused-ring (bicyclic) bond motifs is 2. The number of benzene rings is 1. The van der Waals surface area contributed by atoms with E-state index in [9.17, 15) is 18.0 Å². The van der Waals surface area contributed by atoms with Crippen LogP contribution in [0.25, 0.3) is 22.0 Å². The average molecular weight is 400 g/mol. The number of anilines is 1. The molecule has 0 radical (unpaired) electrons. The van der Waals surface area contributed by atoms with Crippen molar-refractivity contribution in [3.63, 3.8) is 0 Å². The molecule has 1 saturated carbocycles. The van der Waals surface area contributed by atoms with Gasteiger partial charge in [-0.05, 0) is 12.1 Å². The first-order valence-corrected chi connectivity index (χ1v) is 10.5. The van der Waals surface area contributed by atoms with E-state index in [0.29, 0.717) is 46.3 Å². The first-order valence-electron chi connectivity index (χ1n) is 8.61. The van der Waals surface area contributed by atoms with Gasteiger partial charge in [-0.2, -0.15) is 5.10 Å². The number of nitrogens with zero attached hydrogens (tertiary/aromatic N) is 2. The summed E-state index contributed by atoms with van der Waals surface area (Å²) in [6.07, 6.45) is 5.42. The highest BCUT2D eigenvalue weighted by Gasteiger charge is 2.56. The Morgan fingerprint density at radius 3 is 2.64 bits per heavy atom. The topological polar surface area (TPSA) is 123 Å². The molecule has 1 aliphatic carbocycles. The van der Waals surface area contributed by atoms with Gasteiger partial charge in [-0.3, -0.25) is 14.7 Å². The Hall–Kier alpha value is -3.14. The maximum atomic E-state index is 12.4. The predicted molar refractivity (Wildman–Crippen MR) is 101 cm³/mol. The number of sulfone groups is 1. The first-order chi connectivity index (χ1) is 13.2. The second kappa shape index (κ2) is 5.22. The second-order valence-corrected chi connectivity index (χ2v) is 9.30. The van der Waals surface area contributed by atoms with Crippen molar-refractivity contribution < 1.29 is 17.9 Å². The number of aryl methyl sites for hydroxylation is 1. The Morgan fingerprint density at radius 1 is 1.21 bits per heavy atom. The molecule has 3 heterocycles. The summed E-state index contributed by atoms with van der Waals surface area (Å²) in [5.41, 5.74) is 0.512. The maximum absolute atomic E-state index is 12.4. The third-order valence-electron chi connectivity index (χ3n) is 5.23. The highest BCUT2D eigenvalue weighted by Crippen LogP contribution is 2.51. The lowest BCUT2D eigenvalue weighted by atomic mass is 10.0. The Labute approximate surface area is 159 Å². The molecule has 0 saturated heterocycles. The number of nitrogens with one attached hydrogen (secondary N) is 2. The average Bonchev–Trinajstić information content (AvgIpc) is 3.23. The van der Waals surface area contributed by atoms with E-state index in [0.717, 1.165) is 6.26 Å². The fraction of sp³-hybridized carbons (Fsp3) is 0.278. The number of hydrogen-bond donors (Lipinski definition) is 2. The zero-order valence-electron chi connectivity index (χ0n) is 15.1. The summed E-state index contributed by atoms with van der Waals surface area (Å²) < 4.78 is 31.9. The van der Waals surface area contributed by atoms with E-state index < -0.39 is 15.4 Å². The lowest BCUT2D eigenvalue weighted by Gasteiger charge is -2.28. The third kappa shape index (κ3) is 2.30. The van der Waals surface area contributed by atoms with Crippen LogP contribution in [0, 0.1) is 0 Å². The Kier molecular flexibility index (Phi) is 3.17. The molecule has 1 fully saturated rings. The van der Waals surface area contributed by atoms with Crippen molar-refractivity contribution in [3.8, 4) is 16.9 Å². The van der Waals surface area contributed by atoms with Crippen LogP contribution in [0.15, 0.2) is 34.2 Å². The fourth-order valence-electron chi connectivity index (χ4n) is 3.51. The number of carbonyl (C=O) groups is 1. The van der Waals surface area contributed by atoms with Crippen LogP contribution in [0.3, 0.4) is 0 Å². The SMILES string of the molecule is Cn1cc(-c2cc(S(C)(=O)=O)cc3c2OC2(CC2)C(=O)N3)c2cn[nH]c2c1=O. The molecule has 0 bridgehead atoms. The zero-order chi connectivity index (χ0) is 19.8. The molecule has 144 valence electrons. The van der Waals surface area contributed by atoms with Crippen molar-refractivity contribution in [1.82, 2.24) is 14.8 Å². The van der Waals surface area contributed by atoms with E-state index in [1.54, 1.807) is 13.2 Å². The number of ether oxygens (including phenoxy) is 1. The van der Waals surface area contributed by atoms with Gasteiger partial charge in [-0.1, -0.05) is 0 Å². The molecule has 28 heavy (non-hydrogen) atoms. The number of hydrogen-bond acceptors (Lipinski definition) is 6. The van der Waals surface area contributed by atoms with Gasteiger partial charge in [0.1, 0.15) is 5.52 Å². The van der Waals surface area contributed by atoms with Gasteiger partial charge < -0.3 is 14.6 Å². The van der Waals surface area contributed by atoms with Gasteiger partial charge in [0.15, 0.2) is 21.2 Å². The number of carbonyl (C=O) groups excluding carboxylic acids is 1. The molecule has 0 unspecified atom stereocenters. The van der Waals surface area contributed by atoms with Crippen molar-refractivity contribution in [1.29, 1.82) is 0 Å². The van der Waals surface area contributed by atoms with E-state index >= 15 is 0 Å². The van der Waals surface area contributed by atoms with Crippen LogP contribution in [0.5, 0.6) is 5.75 Å². The van der Waals surface area contributed by atoms with Gasteiger partial charge in [0.05, 0.1) is 16.8 Å². The summed E-state index contributed by atoms with van der Waals surface area (Å²) in [5.74, 6) is 0.121. The van der Waals surface area contributed by atoms with Gasteiger partial charge in [-0.15, -0.1) is 0 Å². The van der Waals surface area contributed by atoms with Crippen LogP contribution in [-0.4, -0.2) is 40.9 Å². The fourth-order valence-corrected chi connectivity index (χ4v) is 4.17. The molecule has 2 N–H and O–H groups in total. The largest absolute Gasteiger partial charge is 0.475 e. The minimum absolute atomic E-state index is 0.0439. The van der Waals surface area contributed by atoms with Crippen molar-refractivity contribution in [2.75, 3.05) is 11.6 Å². The van der Waals surface area contributed by atoms with E-state index in [2.05, 4.69) is 15.5 Å². The summed E-state index contributed by atoms with van der Waals surface area (Å²) in [7, 11) is -1.95. The number of amides is 1. The van der Waals surface area contributed by atoms with Crippen LogP contribution < -0.4 is 15.6 Å². The number of H-pyrrole nitrogens is 1. The summed E-state index contributed by atoms with van der Waals surface area (Å²) in [6.45, 7) is 0. The summed E-state index contributed by atoms with van der Waals surface area (Å²) >= 11 is 0. The Balaban J connectivity index is 1.86. The number of pyridine rings is 1. The van der Waals surface area contributed by atoms with Gasteiger partial charge in [0.25, 0.3) is 11.5 Å². The smallest absolute Gasteiger partial charge is 0.276 e. The second-order valence-electron chi connectivity index (χ2n) is 7.29. The van der Waals surface area contributed by atoms with Crippen LogP contribution in [0.4, 0.5) is 5.69 Å². The minimum Gasteiger partial charge on any atom is -0.475 e. The third-order valence-corrected chi connectivity index (χ3v) is 6.32. The highest BCUT2D eigenvalue weighted by atomic mass is 32.2. The van der Waals surface area contributed by atoms with Crippen LogP contribution in [0.2, 0.25) is 0 Å². The van der Waals surface area contributed by atoms with E-state index in [4.69, 9.17) is 4.74 Å². The number of aromatic nitrogens is 3. The van der Waals surface area contributed by atoms with Crippen LogP contribution in [-0.2, 0) is 21.7 Å². The van der Waals surface area contributed by atoms with Gasteiger partial charge in [0, 0.05) is 48.9 Å². The Morgan fingerprint density at radius 2 is 1.96 bits per heavy atom. The van der Waals surface area contributed by atoms with E-state index in [-0.39, 0.29) is 16.4 Å². The predicted octanol–water partition coefficient (Wildman–Crippen LogP) is 1.20. The van der Waals surface area contributed by atoms with Gasteiger partial charge in [0.2, 0.25) is 0 Å². The van der Waals surface area contributed by atoms with Crippen LogP contribution in [0.1, 0.15) is 12.8 Å². The molecule has 5 rings (SSSR count). The molecule has 1 spiro atoms. The number of aromatic amines is 1. The quantitative estimate of drug-likeness (QED) is 0.666. The molecular formula is C18H16N4O5S. The van der Waals surface area contributed by atoms with Gasteiger partial charge in [-0.25, -0.2) is 8.42 Å². The normalized spacial score (nSPS) is 17.3. The Bertz CT molecular complexity index is 1350.